The quantitative estimate of drug-likeness (QED) is 0.331. The van der Waals surface area contributed by atoms with Crippen LogP contribution in [0.4, 0.5) is 10.1 Å². The third kappa shape index (κ3) is 7.38. The van der Waals surface area contributed by atoms with Crippen LogP contribution in [0, 0.1) is 5.82 Å². The van der Waals surface area contributed by atoms with Gasteiger partial charge in [-0.1, -0.05) is 37.9 Å². The first kappa shape index (κ1) is 26.3. The zero-order chi connectivity index (χ0) is 25.5. The number of carbonyl (C=O) groups is 2. The first-order valence-corrected chi connectivity index (χ1v) is 13.2. The van der Waals surface area contributed by atoms with Crippen molar-refractivity contribution in [2.45, 2.75) is 18.9 Å². The molecule has 6 nitrogen and oxygen atoms in total. The standard InChI is InChI=1S/C27H26Br2FN3O3/c28-19-4-7-23(8-5-19)36-15-14-33-12-10-22(11-13-33)31-27(35)24-9-6-21(30)17-25(24)32-26(34)18-2-1-3-20(29)16-18/h1-9,16-17,22H,10-15H2,(H,31,35)(H,32,34). The second-order valence-electron chi connectivity index (χ2n) is 8.55. The van der Waals surface area contributed by atoms with E-state index in [-0.39, 0.29) is 23.2 Å². The second-order valence-corrected chi connectivity index (χ2v) is 10.4. The zero-order valence-electron chi connectivity index (χ0n) is 19.5. The molecule has 0 atom stereocenters. The highest BCUT2D eigenvalue weighted by Gasteiger charge is 2.23. The molecule has 3 aromatic carbocycles. The van der Waals surface area contributed by atoms with Gasteiger partial charge in [-0.05, 0) is 73.5 Å². The normalized spacial score (nSPS) is 14.3. The molecule has 0 unspecified atom stereocenters. The van der Waals surface area contributed by atoms with Gasteiger partial charge in [-0.2, -0.15) is 0 Å². The highest BCUT2D eigenvalue weighted by Crippen LogP contribution is 2.21. The van der Waals surface area contributed by atoms with E-state index in [0.717, 1.165) is 47.2 Å². The lowest BCUT2D eigenvalue weighted by atomic mass is 10.0. The van der Waals surface area contributed by atoms with Crippen LogP contribution in [0.1, 0.15) is 33.6 Å². The number of carbonyl (C=O) groups excluding carboxylic acids is 2. The summed E-state index contributed by atoms with van der Waals surface area (Å²) in [5.74, 6) is -0.455. The number of ether oxygens (including phenoxy) is 1. The van der Waals surface area contributed by atoms with Gasteiger partial charge in [0.2, 0.25) is 0 Å². The lowest BCUT2D eigenvalue weighted by molar-refractivity contribution is 0.0906. The minimum atomic E-state index is -0.533. The van der Waals surface area contributed by atoms with Crippen molar-refractivity contribution >= 4 is 49.4 Å². The molecule has 1 saturated heterocycles. The zero-order valence-corrected chi connectivity index (χ0v) is 22.6. The van der Waals surface area contributed by atoms with E-state index in [4.69, 9.17) is 4.74 Å². The van der Waals surface area contributed by atoms with Crippen LogP contribution in [0.15, 0.2) is 75.7 Å². The molecule has 1 aliphatic heterocycles. The minimum absolute atomic E-state index is 0.000162. The van der Waals surface area contributed by atoms with Crippen LogP contribution in [0.2, 0.25) is 0 Å². The number of halogens is 3. The number of anilines is 1. The number of nitrogens with zero attached hydrogens (tertiary/aromatic N) is 1. The Morgan fingerprint density at radius 2 is 1.69 bits per heavy atom. The summed E-state index contributed by atoms with van der Waals surface area (Å²) in [5.41, 5.74) is 0.765. The van der Waals surface area contributed by atoms with Crippen LogP contribution < -0.4 is 15.4 Å². The Morgan fingerprint density at radius 1 is 0.944 bits per heavy atom. The largest absolute Gasteiger partial charge is 0.492 e. The average Bonchev–Trinajstić information content (AvgIpc) is 2.86. The maximum Gasteiger partial charge on any atom is 0.255 e. The molecular weight excluding hydrogens is 593 g/mol. The number of rotatable bonds is 8. The highest BCUT2D eigenvalue weighted by atomic mass is 79.9. The molecule has 0 radical (unpaired) electrons. The molecule has 1 fully saturated rings. The van der Waals surface area contributed by atoms with Crippen molar-refractivity contribution in [1.82, 2.24) is 10.2 Å². The fourth-order valence-corrected chi connectivity index (χ4v) is 4.69. The number of hydrogen-bond donors (Lipinski definition) is 2. The molecule has 9 heteroatoms. The molecule has 0 saturated carbocycles. The van der Waals surface area contributed by atoms with Crippen molar-refractivity contribution in [1.29, 1.82) is 0 Å². The minimum Gasteiger partial charge on any atom is -0.492 e. The van der Waals surface area contributed by atoms with Gasteiger partial charge >= 0.3 is 0 Å². The Kier molecular flexibility index (Phi) is 9.12. The Bertz CT molecular complexity index is 1220. The van der Waals surface area contributed by atoms with E-state index in [9.17, 15) is 14.0 Å². The Labute approximate surface area is 226 Å². The maximum atomic E-state index is 13.9. The van der Waals surface area contributed by atoms with Gasteiger partial charge in [-0.15, -0.1) is 0 Å². The fourth-order valence-electron chi connectivity index (χ4n) is 4.03. The summed E-state index contributed by atoms with van der Waals surface area (Å²) >= 11 is 6.75. The third-order valence-corrected chi connectivity index (χ3v) is 7.00. The van der Waals surface area contributed by atoms with Crippen molar-refractivity contribution in [3.8, 4) is 5.75 Å². The molecule has 188 valence electrons. The van der Waals surface area contributed by atoms with Gasteiger partial charge < -0.3 is 15.4 Å². The topological polar surface area (TPSA) is 70.7 Å². The monoisotopic (exact) mass is 617 g/mol. The predicted octanol–water partition coefficient (Wildman–Crippen LogP) is 5.88. The van der Waals surface area contributed by atoms with Gasteiger partial charge in [0.05, 0.1) is 11.3 Å². The van der Waals surface area contributed by atoms with Crippen molar-refractivity contribution in [3.63, 3.8) is 0 Å². The van der Waals surface area contributed by atoms with Gasteiger partial charge in [0.15, 0.2) is 0 Å². The lowest BCUT2D eigenvalue weighted by Gasteiger charge is -2.32. The number of benzene rings is 3. The number of amides is 2. The summed E-state index contributed by atoms with van der Waals surface area (Å²) in [7, 11) is 0. The first-order chi connectivity index (χ1) is 17.4. The van der Waals surface area contributed by atoms with E-state index in [2.05, 4.69) is 47.4 Å². The molecule has 1 heterocycles. The fraction of sp³-hybridized carbons (Fsp3) is 0.259. The summed E-state index contributed by atoms with van der Waals surface area (Å²) in [4.78, 5) is 28.0. The van der Waals surface area contributed by atoms with Crippen LogP contribution in [-0.2, 0) is 0 Å². The SMILES string of the molecule is O=C(Nc1cc(F)ccc1C(=O)NC1CCN(CCOc2ccc(Br)cc2)CC1)c1cccc(Br)c1. The summed E-state index contributed by atoms with van der Waals surface area (Å²) in [6.45, 7) is 3.07. The highest BCUT2D eigenvalue weighted by molar-refractivity contribution is 9.10. The van der Waals surface area contributed by atoms with Crippen molar-refractivity contribution in [3.05, 3.63) is 92.6 Å². The third-order valence-electron chi connectivity index (χ3n) is 5.97. The maximum absolute atomic E-state index is 13.9. The Hall–Kier alpha value is -2.75. The predicted molar refractivity (Wildman–Crippen MR) is 145 cm³/mol. The molecule has 0 bridgehead atoms. The molecule has 3 aromatic rings. The van der Waals surface area contributed by atoms with E-state index in [1.165, 1.54) is 18.2 Å². The van der Waals surface area contributed by atoms with E-state index in [0.29, 0.717) is 12.2 Å². The van der Waals surface area contributed by atoms with E-state index < -0.39 is 11.7 Å². The summed E-state index contributed by atoms with van der Waals surface area (Å²) < 4.78 is 21.5. The van der Waals surface area contributed by atoms with Gasteiger partial charge in [-0.3, -0.25) is 14.5 Å². The Morgan fingerprint density at radius 3 is 2.42 bits per heavy atom. The molecule has 0 aromatic heterocycles. The second kappa shape index (κ2) is 12.5. The van der Waals surface area contributed by atoms with Crippen LogP contribution in [-0.4, -0.2) is 49.0 Å². The molecule has 2 amide bonds. The van der Waals surface area contributed by atoms with Crippen molar-refractivity contribution < 1.29 is 18.7 Å². The number of piperidine rings is 1. The molecule has 1 aliphatic rings. The molecule has 2 N–H and O–H groups in total. The smallest absolute Gasteiger partial charge is 0.255 e. The molecule has 0 aliphatic carbocycles. The van der Waals surface area contributed by atoms with Gasteiger partial charge in [0.1, 0.15) is 18.2 Å². The molecule has 0 spiro atoms. The lowest BCUT2D eigenvalue weighted by Crippen LogP contribution is -2.45. The van der Waals surface area contributed by atoms with E-state index in [1.807, 2.05) is 24.3 Å². The van der Waals surface area contributed by atoms with Gasteiger partial charge in [-0.25, -0.2) is 4.39 Å². The first-order valence-electron chi connectivity index (χ1n) is 11.7. The number of hydrogen-bond acceptors (Lipinski definition) is 4. The average molecular weight is 619 g/mol. The van der Waals surface area contributed by atoms with Crippen molar-refractivity contribution in [2.24, 2.45) is 0 Å². The summed E-state index contributed by atoms with van der Waals surface area (Å²) in [6, 6.07) is 18.4. The molecule has 4 rings (SSSR count). The van der Waals surface area contributed by atoms with Crippen LogP contribution in [0.5, 0.6) is 5.75 Å². The Balaban J connectivity index is 1.29. The molecular formula is C27H26Br2FN3O3. The number of nitrogens with one attached hydrogen (secondary N) is 2. The van der Waals surface area contributed by atoms with Crippen molar-refractivity contribution in [2.75, 3.05) is 31.6 Å². The number of likely N-dealkylation sites (tertiary alicyclic amines) is 1. The van der Waals surface area contributed by atoms with Crippen LogP contribution >= 0.6 is 31.9 Å². The summed E-state index contributed by atoms with van der Waals surface area (Å²) in [6.07, 6.45) is 1.59. The van der Waals surface area contributed by atoms with Gasteiger partial charge in [0.25, 0.3) is 11.8 Å². The van der Waals surface area contributed by atoms with E-state index >= 15 is 0 Å². The summed E-state index contributed by atoms with van der Waals surface area (Å²) in [5, 5.41) is 5.72. The van der Waals surface area contributed by atoms with Crippen LogP contribution in [0.25, 0.3) is 0 Å². The van der Waals surface area contributed by atoms with E-state index in [1.54, 1.807) is 24.3 Å². The molecule has 36 heavy (non-hydrogen) atoms. The van der Waals surface area contributed by atoms with Gasteiger partial charge in [0, 0.05) is 40.2 Å². The van der Waals surface area contributed by atoms with Crippen LogP contribution in [0.3, 0.4) is 0 Å².